The molecule has 0 unspecified atom stereocenters. The highest BCUT2D eigenvalue weighted by Gasteiger charge is 2.43. The minimum absolute atomic E-state index is 0.0151. The number of H-pyrrole nitrogens is 2. The van der Waals surface area contributed by atoms with Gasteiger partial charge in [-0.2, -0.15) is 0 Å². The Morgan fingerprint density at radius 3 is 1.31 bits per heavy atom. The number of aromatic amines is 2. The summed E-state index contributed by atoms with van der Waals surface area (Å²) in [5.41, 5.74) is 3.24. The van der Waals surface area contributed by atoms with Crippen molar-refractivity contribution in [1.29, 1.82) is 0 Å². The Kier molecular flexibility index (Phi) is 24.4. The molecule has 80 heavy (non-hydrogen) atoms. The van der Waals surface area contributed by atoms with Crippen molar-refractivity contribution in [3.63, 3.8) is 0 Å². The third-order valence-corrected chi connectivity index (χ3v) is 15.8. The van der Waals surface area contributed by atoms with Gasteiger partial charge in [0.1, 0.15) is 35.9 Å². The Balaban J connectivity index is 1.37. The third kappa shape index (κ3) is 16.9. The van der Waals surface area contributed by atoms with Crippen LogP contribution in [0, 0.1) is 11.6 Å². The molecule has 2 saturated heterocycles. The fourth-order valence-electron chi connectivity index (χ4n) is 11.0. The van der Waals surface area contributed by atoms with Crippen molar-refractivity contribution < 1.29 is 56.5 Å². The zero-order valence-electron chi connectivity index (χ0n) is 48.4. The minimum atomic E-state index is -0.912. The number of aromatic nitrogens is 2. The molecule has 6 rings (SSSR count). The van der Waals surface area contributed by atoms with Gasteiger partial charge in [-0.15, -0.1) is 0 Å². The lowest BCUT2D eigenvalue weighted by Crippen LogP contribution is -2.53. The van der Waals surface area contributed by atoms with Crippen LogP contribution in [0.15, 0.2) is 36.4 Å². The number of hydrogen-bond donors (Lipinski definition) is 6. The molecule has 4 aromatic rings. The summed E-state index contributed by atoms with van der Waals surface area (Å²) in [7, 11) is 3.30. The molecule has 2 aliphatic heterocycles. The van der Waals surface area contributed by atoms with Gasteiger partial charge in [-0.1, -0.05) is 91.9 Å². The molecule has 8 atom stereocenters. The maximum atomic E-state index is 15.3. The van der Waals surface area contributed by atoms with Gasteiger partial charge in [0, 0.05) is 46.7 Å². The number of amides is 4. The summed E-state index contributed by atoms with van der Waals surface area (Å²) in [6.45, 7) is 11.7. The van der Waals surface area contributed by atoms with Crippen LogP contribution in [0.25, 0.3) is 33.2 Å². The first-order valence-electron chi connectivity index (χ1n) is 29.4. The number of ether oxygens (including phenoxy) is 4. The molecule has 2 aromatic heterocycles. The maximum absolute atomic E-state index is 15.3. The summed E-state index contributed by atoms with van der Waals surface area (Å²) in [6.07, 6.45) is 10.1. The van der Waals surface area contributed by atoms with Crippen LogP contribution in [-0.2, 0) is 51.0 Å². The lowest BCUT2D eigenvalue weighted by molar-refractivity contribution is -0.138. The van der Waals surface area contributed by atoms with E-state index in [1.807, 2.05) is 0 Å². The molecule has 2 aromatic carbocycles. The Morgan fingerprint density at radius 1 is 0.575 bits per heavy atom. The number of likely N-dealkylation sites (tertiary alicyclic amines) is 2. The molecule has 0 aliphatic carbocycles. The number of fused-ring (bicyclic) bond motifs is 2. The molecule has 2 aliphatic rings. The summed E-state index contributed by atoms with van der Waals surface area (Å²) in [5.74, 6) is -2.47. The van der Waals surface area contributed by atoms with E-state index in [0.717, 1.165) is 64.2 Å². The number of carbonyl (C=O) groups is 6. The van der Waals surface area contributed by atoms with Crippen LogP contribution in [0.2, 0.25) is 0 Å². The Labute approximate surface area is 470 Å². The summed E-state index contributed by atoms with van der Waals surface area (Å²) < 4.78 is 53.4. The van der Waals surface area contributed by atoms with E-state index in [1.54, 1.807) is 63.7 Å². The van der Waals surface area contributed by atoms with E-state index in [0.29, 0.717) is 57.2 Å². The number of halogens is 2. The van der Waals surface area contributed by atoms with Crippen LogP contribution in [0.4, 0.5) is 18.4 Å². The number of nitrogens with zero attached hydrogens (tertiary/aromatic N) is 2. The summed E-state index contributed by atoms with van der Waals surface area (Å²) >= 11 is 0. The summed E-state index contributed by atoms with van der Waals surface area (Å²) in [5, 5.41) is 12.9. The Morgan fingerprint density at radius 2 is 0.950 bits per heavy atom. The van der Waals surface area contributed by atoms with E-state index in [2.05, 4.69) is 45.1 Å². The predicted octanol–water partition coefficient (Wildman–Crippen LogP) is 9.65. The molecule has 0 radical (unpaired) electrons. The second-order valence-electron chi connectivity index (χ2n) is 21.7. The van der Waals surface area contributed by atoms with Gasteiger partial charge in [0.15, 0.2) is 0 Å². The van der Waals surface area contributed by atoms with Gasteiger partial charge in [0.25, 0.3) is 0 Å². The van der Waals surface area contributed by atoms with Crippen LogP contribution < -0.4 is 21.3 Å². The molecular weight excluding hydrogens is 1030 g/mol. The molecule has 0 bridgehead atoms. The van der Waals surface area contributed by atoms with Gasteiger partial charge in [0.05, 0.1) is 49.8 Å². The normalized spacial score (nSPS) is 18.7. The van der Waals surface area contributed by atoms with Crippen LogP contribution in [0.1, 0.15) is 155 Å². The van der Waals surface area contributed by atoms with Gasteiger partial charge in [0.2, 0.25) is 23.6 Å². The first-order chi connectivity index (χ1) is 38.5. The molecule has 0 saturated carbocycles. The highest BCUT2D eigenvalue weighted by atomic mass is 19.1. The average molecular weight is 1120 g/mol. The molecule has 20 heteroatoms. The lowest BCUT2D eigenvalue weighted by atomic mass is 9.94. The van der Waals surface area contributed by atoms with Crippen molar-refractivity contribution in [2.24, 2.45) is 0 Å². The van der Waals surface area contributed by atoms with E-state index in [1.165, 1.54) is 24.3 Å². The second-order valence-corrected chi connectivity index (χ2v) is 21.7. The van der Waals surface area contributed by atoms with Crippen molar-refractivity contribution in [3.05, 3.63) is 59.2 Å². The second kappa shape index (κ2) is 31.1. The molecule has 4 amide bonds. The monoisotopic (exact) mass is 1120 g/mol. The fraction of sp³-hybridized carbons (Fsp3) is 0.633. The van der Waals surface area contributed by atoms with E-state index in [9.17, 15) is 28.8 Å². The molecule has 6 N–H and O–H groups in total. The molecule has 0 spiro atoms. The van der Waals surface area contributed by atoms with E-state index < -0.39 is 72.4 Å². The van der Waals surface area contributed by atoms with Crippen LogP contribution in [-0.4, -0.2) is 145 Å². The number of benzene rings is 2. The third-order valence-electron chi connectivity index (χ3n) is 15.8. The van der Waals surface area contributed by atoms with Crippen molar-refractivity contribution in [3.8, 4) is 11.4 Å². The molecule has 2 fully saturated rings. The van der Waals surface area contributed by atoms with Gasteiger partial charge in [-0.25, -0.2) is 18.4 Å². The Bertz CT molecular complexity index is 2520. The van der Waals surface area contributed by atoms with Gasteiger partial charge in [-0.05, 0) is 114 Å². The molecule has 442 valence electrons. The number of rotatable bonds is 31. The minimum Gasteiger partial charge on any atom is -0.434 e. The summed E-state index contributed by atoms with van der Waals surface area (Å²) in [4.78, 5) is 92.6. The quantitative estimate of drug-likeness (QED) is 0.0205. The zero-order valence-corrected chi connectivity index (χ0v) is 48.4. The van der Waals surface area contributed by atoms with Crippen molar-refractivity contribution in [2.45, 2.75) is 206 Å². The van der Waals surface area contributed by atoms with E-state index in [-0.39, 0.29) is 88.5 Å². The topological polar surface area (TPSA) is 226 Å². The zero-order chi connectivity index (χ0) is 57.9. The largest absolute Gasteiger partial charge is 0.508 e. The number of carbonyl (C=O) groups excluding carboxylic acids is 6. The standard InChI is InChI=1S/C60H88F2N8O10/c1-9-13-15-17-19-21-27-77-59(75)79-43-31-41(69(35-43)57(73)49(11-3)67-55(71)37(5)63-7)33-47-45-25-23-39(61)29-51(45)65-53(47)54-48(46-26-24-40(62)30-52(46)66-54)34-42-32-44(80-60(76)78-28-22-20-18-16-14-10-2)36-70(42)58(74)50(12-4)68-56(72)38(6)64-8/h23-26,29-30,37-38,41-44,49-50,63-66H,9-22,27-28,31-36H2,1-8H3,(H,67,71)(H,68,72)/t37-,38-,41-,42-,43-,44-,49-,50-/m0/s1. The maximum Gasteiger partial charge on any atom is 0.508 e. The van der Waals surface area contributed by atoms with E-state index in [4.69, 9.17) is 18.9 Å². The number of nitrogens with one attached hydrogen (secondary N) is 6. The smallest absolute Gasteiger partial charge is 0.434 e. The molecule has 18 nitrogen and oxygen atoms in total. The summed E-state index contributed by atoms with van der Waals surface area (Å²) in [6, 6.07) is 4.53. The Hall–Kier alpha value is -6.28. The number of unbranched alkanes of at least 4 members (excludes halogenated alkanes) is 10. The highest BCUT2D eigenvalue weighted by Crippen LogP contribution is 2.40. The number of likely N-dealkylation sites (N-methyl/N-ethyl adjacent to an activating group) is 2. The van der Waals surface area contributed by atoms with Crippen LogP contribution >= 0.6 is 0 Å². The van der Waals surface area contributed by atoms with E-state index >= 15 is 8.78 Å². The van der Waals surface area contributed by atoms with Crippen molar-refractivity contribution >= 4 is 57.7 Å². The van der Waals surface area contributed by atoms with Gasteiger partial charge >= 0.3 is 12.3 Å². The van der Waals surface area contributed by atoms with Crippen molar-refractivity contribution in [2.75, 3.05) is 40.4 Å². The SMILES string of the molecule is CCCCCCCCOC(=O)O[C@H]1C[C@@H](Cc2c(-c3[nH]c4cc(F)ccc4c3C[C@@H]3C[C@H](OC(=O)OCCCCCCCC)CN3C(=O)[C@H](CC)NC(=O)[C@H](C)NC)[nH]c3cc(F)ccc23)N(C(=O)[C@H](CC)NC(=O)[C@H](C)NC)C1. The first-order valence-corrected chi connectivity index (χ1v) is 29.4. The van der Waals surface area contributed by atoms with Gasteiger partial charge in [-0.3, -0.25) is 19.2 Å². The highest BCUT2D eigenvalue weighted by molar-refractivity contribution is 5.97. The first kappa shape index (κ1) is 62.9. The van der Waals surface area contributed by atoms with Crippen molar-refractivity contribution in [1.82, 2.24) is 41.0 Å². The lowest BCUT2D eigenvalue weighted by Gasteiger charge is -2.30. The molecular formula is C60H88F2N8O10. The number of hydrogen-bond acceptors (Lipinski definition) is 12. The molecule has 4 heterocycles. The van der Waals surface area contributed by atoms with Crippen LogP contribution in [0.3, 0.4) is 0 Å². The van der Waals surface area contributed by atoms with Crippen LogP contribution in [0.5, 0.6) is 0 Å². The van der Waals surface area contributed by atoms with Gasteiger partial charge < -0.3 is 60.0 Å². The average Bonchev–Trinajstić information content (AvgIpc) is 4.23. The fourth-order valence-corrected chi connectivity index (χ4v) is 11.0. The predicted molar refractivity (Wildman–Crippen MR) is 304 cm³/mol.